The van der Waals surface area contributed by atoms with E-state index in [0.29, 0.717) is 6.42 Å². The smallest absolute Gasteiger partial charge is 0.220 e. The van der Waals surface area contributed by atoms with Gasteiger partial charge in [-0.1, -0.05) is 181 Å². The van der Waals surface area contributed by atoms with E-state index in [1.807, 2.05) is 6.08 Å². The topological polar surface area (TPSA) is 149 Å². The number of nitrogens with one attached hydrogen (secondary N) is 1. The van der Waals surface area contributed by atoms with Crippen LogP contribution in [0.15, 0.2) is 109 Å². The predicted octanol–water partition coefficient (Wildman–Crippen LogP) is 11.1. The Kier molecular flexibility index (Phi) is 39.3. The van der Waals surface area contributed by atoms with Gasteiger partial charge in [0.2, 0.25) is 5.91 Å². The number of hydrogen-bond acceptors (Lipinski definition) is 8. The van der Waals surface area contributed by atoms with Gasteiger partial charge < -0.3 is 40.3 Å². The largest absolute Gasteiger partial charge is 0.394 e. The summed E-state index contributed by atoms with van der Waals surface area (Å²) in [5.41, 5.74) is 0. The maximum Gasteiger partial charge on any atom is 0.220 e. The van der Waals surface area contributed by atoms with Crippen molar-refractivity contribution in [3.05, 3.63) is 109 Å². The van der Waals surface area contributed by atoms with Crippen molar-refractivity contribution >= 4 is 5.91 Å². The van der Waals surface area contributed by atoms with Crippen molar-refractivity contribution in [3.8, 4) is 0 Å². The molecule has 7 atom stereocenters. The first kappa shape index (κ1) is 57.9. The molecule has 0 spiro atoms. The van der Waals surface area contributed by atoms with Gasteiger partial charge in [0.15, 0.2) is 6.29 Å². The zero-order chi connectivity index (χ0) is 45.9. The van der Waals surface area contributed by atoms with Gasteiger partial charge in [0.25, 0.3) is 0 Å². The third kappa shape index (κ3) is 33.1. The number of aliphatic hydroxyl groups is 5. The van der Waals surface area contributed by atoms with E-state index in [2.05, 4.69) is 116 Å². The molecule has 1 saturated heterocycles. The maximum absolute atomic E-state index is 13.0. The summed E-state index contributed by atoms with van der Waals surface area (Å²) < 4.78 is 11.2. The molecule has 1 heterocycles. The molecule has 0 aliphatic carbocycles. The first-order chi connectivity index (χ1) is 30.8. The van der Waals surface area contributed by atoms with Gasteiger partial charge in [-0.3, -0.25) is 4.79 Å². The molecule has 63 heavy (non-hydrogen) atoms. The van der Waals surface area contributed by atoms with Crippen LogP contribution in [0.2, 0.25) is 0 Å². The van der Waals surface area contributed by atoms with E-state index < -0.39 is 49.5 Å². The van der Waals surface area contributed by atoms with E-state index in [4.69, 9.17) is 9.47 Å². The zero-order valence-electron chi connectivity index (χ0n) is 39.3. The molecule has 0 bridgehead atoms. The van der Waals surface area contributed by atoms with Crippen molar-refractivity contribution in [1.29, 1.82) is 0 Å². The summed E-state index contributed by atoms with van der Waals surface area (Å²) in [7, 11) is 0. The number of aliphatic hydroxyl groups excluding tert-OH is 5. The highest BCUT2D eigenvalue weighted by molar-refractivity contribution is 5.76. The Balaban J connectivity index is 2.27. The zero-order valence-corrected chi connectivity index (χ0v) is 39.3. The van der Waals surface area contributed by atoms with Gasteiger partial charge >= 0.3 is 0 Å². The third-order valence-electron chi connectivity index (χ3n) is 10.8. The lowest BCUT2D eigenvalue weighted by Crippen LogP contribution is -2.60. The molecule has 9 heteroatoms. The minimum atomic E-state index is -1.58. The van der Waals surface area contributed by atoms with Crippen molar-refractivity contribution in [2.24, 2.45) is 0 Å². The lowest BCUT2D eigenvalue weighted by atomic mass is 9.99. The van der Waals surface area contributed by atoms with Crippen LogP contribution in [0, 0.1) is 0 Å². The number of hydrogen-bond donors (Lipinski definition) is 6. The second-order valence-corrected chi connectivity index (χ2v) is 16.5. The molecule has 0 aromatic heterocycles. The van der Waals surface area contributed by atoms with Crippen molar-refractivity contribution in [1.82, 2.24) is 5.32 Å². The van der Waals surface area contributed by atoms with Gasteiger partial charge in [0.1, 0.15) is 24.4 Å². The lowest BCUT2D eigenvalue weighted by molar-refractivity contribution is -0.302. The van der Waals surface area contributed by atoms with E-state index in [1.165, 1.54) is 51.4 Å². The van der Waals surface area contributed by atoms with Gasteiger partial charge in [0.05, 0.1) is 25.4 Å². The Hall–Kier alpha value is -3.15. The molecule has 1 aliphatic heterocycles. The van der Waals surface area contributed by atoms with Crippen molar-refractivity contribution in [2.45, 2.75) is 211 Å². The molecule has 0 aromatic rings. The fraction of sp³-hybridized carbons (Fsp3) is 0.648. The number of carbonyl (C=O) groups excluding carboxylic acids is 1. The molecule has 358 valence electrons. The highest BCUT2D eigenvalue weighted by Crippen LogP contribution is 2.22. The number of rotatable bonds is 39. The number of unbranched alkanes of at least 4 members (excludes halogenated alkanes) is 13. The second-order valence-electron chi connectivity index (χ2n) is 16.5. The number of allylic oxidation sites excluding steroid dienone is 17. The highest BCUT2D eigenvalue weighted by Gasteiger charge is 2.44. The van der Waals surface area contributed by atoms with Crippen molar-refractivity contribution < 1.29 is 39.8 Å². The molecule has 7 unspecified atom stereocenters. The molecule has 9 nitrogen and oxygen atoms in total. The van der Waals surface area contributed by atoms with Crippen LogP contribution in [0.4, 0.5) is 0 Å². The summed E-state index contributed by atoms with van der Waals surface area (Å²) in [6.07, 6.45) is 55.7. The molecule has 1 amide bonds. The molecular weight excluding hydrogens is 791 g/mol. The Morgan fingerprint density at radius 1 is 0.556 bits per heavy atom. The standard InChI is InChI=1S/C54H89NO8/c1-3-5-7-9-11-13-15-16-17-18-19-20-21-22-23-24-25-26-27-28-29-30-31-32-34-36-38-40-42-44-50(58)55-47(46-62-54-53(61)52(60)51(59)49(45-56)63-54)48(57)43-41-39-37-35-33-14-12-10-8-6-4-2/h5,7,11,13,16-17,19-20,22-23,25-26,28-29,33,35,41,43,47-49,51-54,56-57,59-61H,3-4,6,8-10,12,14-15,18,21,24,27,30-32,34,36-40,42,44-46H2,1-2H3,(H,55,58)/b7-5-,13-11-,17-16-,20-19-,23-22-,26-25-,29-28-,35-33+,43-41+. The van der Waals surface area contributed by atoms with Crippen LogP contribution in [0.5, 0.6) is 0 Å². The molecule has 6 N–H and O–H groups in total. The summed E-state index contributed by atoms with van der Waals surface area (Å²) in [6.45, 7) is 3.58. The quantitative estimate of drug-likeness (QED) is 0.0264. The number of ether oxygens (including phenoxy) is 2. The normalized spacial score (nSPS) is 21.2. The van der Waals surface area contributed by atoms with Gasteiger partial charge in [-0.05, 0) is 89.9 Å². The van der Waals surface area contributed by atoms with Crippen molar-refractivity contribution in [2.75, 3.05) is 13.2 Å². The molecule has 1 fully saturated rings. The van der Waals surface area contributed by atoms with Crippen LogP contribution in [0.3, 0.4) is 0 Å². The molecular formula is C54H89NO8. The number of carbonyl (C=O) groups is 1. The van der Waals surface area contributed by atoms with Gasteiger partial charge in [0, 0.05) is 6.42 Å². The third-order valence-corrected chi connectivity index (χ3v) is 10.8. The molecule has 0 radical (unpaired) electrons. The van der Waals surface area contributed by atoms with Crippen LogP contribution in [-0.2, 0) is 14.3 Å². The minimum absolute atomic E-state index is 0.206. The summed E-state index contributed by atoms with van der Waals surface area (Å²) in [5.74, 6) is -0.206. The highest BCUT2D eigenvalue weighted by atomic mass is 16.7. The Labute approximate surface area is 383 Å². The maximum atomic E-state index is 13.0. The first-order valence-corrected chi connectivity index (χ1v) is 24.6. The van der Waals surface area contributed by atoms with Crippen LogP contribution >= 0.6 is 0 Å². The van der Waals surface area contributed by atoms with Crippen LogP contribution in [0.25, 0.3) is 0 Å². The number of amides is 1. The minimum Gasteiger partial charge on any atom is -0.394 e. The van der Waals surface area contributed by atoms with E-state index >= 15 is 0 Å². The summed E-state index contributed by atoms with van der Waals surface area (Å²) in [6, 6.07) is -0.834. The summed E-state index contributed by atoms with van der Waals surface area (Å²) >= 11 is 0. The van der Waals surface area contributed by atoms with E-state index in [-0.39, 0.29) is 12.5 Å². The van der Waals surface area contributed by atoms with Gasteiger partial charge in [-0.25, -0.2) is 0 Å². The van der Waals surface area contributed by atoms with Crippen molar-refractivity contribution in [3.63, 3.8) is 0 Å². The van der Waals surface area contributed by atoms with Gasteiger partial charge in [-0.15, -0.1) is 0 Å². The predicted molar refractivity (Wildman–Crippen MR) is 262 cm³/mol. The Morgan fingerprint density at radius 2 is 1.00 bits per heavy atom. The molecule has 1 rings (SSSR count). The Morgan fingerprint density at radius 3 is 1.52 bits per heavy atom. The molecule has 0 aromatic carbocycles. The van der Waals surface area contributed by atoms with Crippen LogP contribution in [0.1, 0.15) is 168 Å². The molecule has 1 aliphatic rings. The lowest BCUT2D eigenvalue weighted by Gasteiger charge is -2.40. The van der Waals surface area contributed by atoms with Crippen LogP contribution < -0.4 is 5.32 Å². The first-order valence-electron chi connectivity index (χ1n) is 24.6. The van der Waals surface area contributed by atoms with E-state index in [0.717, 1.165) is 96.3 Å². The van der Waals surface area contributed by atoms with E-state index in [1.54, 1.807) is 6.08 Å². The molecule has 0 saturated carbocycles. The van der Waals surface area contributed by atoms with E-state index in [9.17, 15) is 30.3 Å². The van der Waals surface area contributed by atoms with Gasteiger partial charge in [-0.2, -0.15) is 0 Å². The fourth-order valence-electron chi connectivity index (χ4n) is 6.91. The summed E-state index contributed by atoms with van der Waals surface area (Å²) in [4.78, 5) is 13.0. The average molecular weight is 880 g/mol. The summed E-state index contributed by atoms with van der Waals surface area (Å²) in [5, 5.41) is 54.1. The van der Waals surface area contributed by atoms with Crippen LogP contribution in [-0.4, -0.2) is 87.5 Å². The SMILES string of the molecule is CC/C=C\C/C=C\C/C=C\C/C=C\C/C=C\C/C=C\C/C=C\CCCCCCCCCC(=O)NC(COC1OC(CO)C(O)C(O)C1O)C(O)/C=C/CC/C=C/CCCCCCC. The Bertz CT molecular complexity index is 1340. The monoisotopic (exact) mass is 880 g/mol. The second kappa shape index (κ2) is 42.8. The fourth-order valence-corrected chi connectivity index (χ4v) is 6.91. The average Bonchev–Trinajstić information content (AvgIpc) is 3.28.